The van der Waals surface area contributed by atoms with Crippen LogP contribution in [0.15, 0.2) is 82.5 Å². The molecule has 0 aliphatic heterocycles. The number of aromatic nitrogens is 2. The van der Waals surface area contributed by atoms with Crippen LogP contribution in [0.3, 0.4) is 0 Å². The average molecular weight is 449 g/mol. The van der Waals surface area contributed by atoms with E-state index >= 15 is 0 Å². The highest BCUT2D eigenvalue weighted by Gasteiger charge is 2.09. The minimum Gasteiger partial charge on any atom is -0.507 e. The third kappa shape index (κ3) is 4.35. The van der Waals surface area contributed by atoms with Gasteiger partial charge in [-0.15, -0.1) is 0 Å². The van der Waals surface area contributed by atoms with Gasteiger partial charge in [0, 0.05) is 16.2 Å². The molecular weight excluding hydrogens is 432 g/mol. The van der Waals surface area contributed by atoms with Crippen LogP contribution >= 0.6 is 15.9 Å². The molecule has 0 fully saturated rings. The lowest BCUT2D eigenvalue weighted by Crippen LogP contribution is -2.18. The van der Waals surface area contributed by atoms with E-state index in [9.17, 15) is 9.90 Å². The summed E-state index contributed by atoms with van der Waals surface area (Å²) in [5.41, 5.74) is 4.34. The standard InChI is InChI=1S/C22H17BrN4O2/c23-17-6-3-4-15(12-17)14-27-11-10-20(26-27)22(29)25-24-13-19-18-7-2-1-5-16(18)8-9-21(19)28/h1-13,28H,14H2,(H,25,29)/b24-13+. The lowest BCUT2D eigenvalue weighted by atomic mass is 10.0. The molecule has 0 saturated heterocycles. The maximum absolute atomic E-state index is 12.3. The second kappa shape index (κ2) is 8.28. The average Bonchev–Trinajstić information content (AvgIpc) is 3.18. The minimum atomic E-state index is -0.422. The number of carbonyl (C=O) groups is 1. The van der Waals surface area contributed by atoms with Crippen LogP contribution in [0.1, 0.15) is 21.6 Å². The van der Waals surface area contributed by atoms with Gasteiger partial charge in [0.05, 0.1) is 12.8 Å². The number of phenolic OH excluding ortho intramolecular Hbond substituents is 1. The summed E-state index contributed by atoms with van der Waals surface area (Å²) in [6.45, 7) is 0.555. The van der Waals surface area contributed by atoms with Crippen LogP contribution in [0.2, 0.25) is 0 Å². The van der Waals surface area contributed by atoms with Gasteiger partial charge in [-0.25, -0.2) is 5.43 Å². The molecular formula is C22H17BrN4O2. The van der Waals surface area contributed by atoms with Crippen molar-refractivity contribution < 1.29 is 9.90 Å². The highest BCUT2D eigenvalue weighted by atomic mass is 79.9. The van der Waals surface area contributed by atoms with Crippen LogP contribution in [-0.2, 0) is 6.54 Å². The number of aromatic hydroxyl groups is 1. The molecule has 2 N–H and O–H groups in total. The highest BCUT2D eigenvalue weighted by Crippen LogP contribution is 2.25. The van der Waals surface area contributed by atoms with Gasteiger partial charge in [-0.2, -0.15) is 10.2 Å². The van der Waals surface area contributed by atoms with Crippen LogP contribution in [-0.4, -0.2) is 27.0 Å². The summed E-state index contributed by atoms with van der Waals surface area (Å²) in [5, 5.41) is 20.2. The maximum Gasteiger partial charge on any atom is 0.291 e. The summed E-state index contributed by atoms with van der Waals surface area (Å²) in [6, 6.07) is 20.6. The minimum absolute atomic E-state index is 0.0972. The Morgan fingerprint density at radius 2 is 2.00 bits per heavy atom. The van der Waals surface area contributed by atoms with E-state index in [1.54, 1.807) is 23.0 Å². The van der Waals surface area contributed by atoms with Gasteiger partial charge < -0.3 is 5.11 Å². The lowest BCUT2D eigenvalue weighted by Gasteiger charge is -2.04. The number of phenols is 1. The molecule has 0 unspecified atom stereocenters. The molecule has 4 aromatic rings. The van der Waals surface area contributed by atoms with Gasteiger partial charge in [0.2, 0.25) is 0 Å². The van der Waals surface area contributed by atoms with E-state index in [1.807, 2.05) is 54.6 Å². The van der Waals surface area contributed by atoms with E-state index in [2.05, 4.69) is 31.6 Å². The number of rotatable bonds is 5. The Hall–Kier alpha value is -3.45. The Kier molecular flexibility index (Phi) is 5.39. The van der Waals surface area contributed by atoms with Crippen LogP contribution in [0.25, 0.3) is 10.8 Å². The number of nitrogens with zero attached hydrogens (tertiary/aromatic N) is 3. The quantitative estimate of drug-likeness (QED) is 0.352. The molecule has 0 spiro atoms. The predicted octanol–water partition coefficient (Wildman–Crippen LogP) is 4.32. The molecule has 0 saturated carbocycles. The van der Waals surface area contributed by atoms with Gasteiger partial charge in [0.25, 0.3) is 5.91 Å². The van der Waals surface area contributed by atoms with Crippen molar-refractivity contribution in [2.45, 2.75) is 6.54 Å². The van der Waals surface area contributed by atoms with Crippen LogP contribution in [0, 0.1) is 0 Å². The molecule has 144 valence electrons. The van der Waals surface area contributed by atoms with Crippen molar-refractivity contribution in [1.82, 2.24) is 15.2 Å². The molecule has 6 nitrogen and oxygen atoms in total. The summed E-state index contributed by atoms with van der Waals surface area (Å²) < 4.78 is 2.68. The first-order valence-corrected chi connectivity index (χ1v) is 9.71. The first-order valence-electron chi connectivity index (χ1n) is 8.92. The van der Waals surface area contributed by atoms with Crippen molar-refractivity contribution in [2.75, 3.05) is 0 Å². The van der Waals surface area contributed by atoms with Crippen molar-refractivity contribution in [3.63, 3.8) is 0 Å². The lowest BCUT2D eigenvalue weighted by molar-refractivity contribution is 0.0949. The Bertz CT molecular complexity index is 1220. The second-order valence-electron chi connectivity index (χ2n) is 6.45. The number of hydrogen-bond donors (Lipinski definition) is 2. The second-order valence-corrected chi connectivity index (χ2v) is 7.36. The van der Waals surface area contributed by atoms with Gasteiger partial charge in [-0.1, -0.05) is 58.4 Å². The van der Waals surface area contributed by atoms with Crippen molar-refractivity contribution in [3.8, 4) is 5.75 Å². The molecule has 0 aliphatic rings. The highest BCUT2D eigenvalue weighted by molar-refractivity contribution is 9.10. The van der Waals surface area contributed by atoms with E-state index in [4.69, 9.17) is 0 Å². The number of hydrazone groups is 1. The van der Waals surface area contributed by atoms with Crippen molar-refractivity contribution >= 4 is 38.8 Å². The zero-order valence-electron chi connectivity index (χ0n) is 15.3. The molecule has 1 aromatic heterocycles. The molecule has 0 radical (unpaired) electrons. The first-order chi connectivity index (χ1) is 14.1. The Morgan fingerprint density at radius 1 is 1.14 bits per heavy atom. The third-order valence-electron chi connectivity index (χ3n) is 4.41. The van der Waals surface area contributed by atoms with Crippen molar-refractivity contribution in [2.24, 2.45) is 5.10 Å². The van der Waals surface area contributed by atoms with E-state index in [1.165, 1.54) is 6.21 Å². The van der Waals surface area contributed by atoms with Gasteiger partial charge in [-0.3, -0.25) is 9.48 Å². The Labute approximate surface area is 175 Å². The Balaban J connectivity index is 1.46. The number of hydrogen-bond acceptors (Lipinski definition) is 4. The summed E-state index contributed by atoms with van der Waals surface area (Å²) in [6.07, 6.45) is 3.18. The van der Waals surface area contributed by atoms with Crippen LogP contribution in [0.5, 0.6) is 5.75 Å². The van der Waals surface area contributed by atoms with Gasteiger partial charge in [-0.05, 0) is 40.6 Å². The largest absolute Gasteiger partial charge is 0.507 e. The summed E-state index contributed by atoms with van der Waals surface area (Å²) in [5.74, 6) is -0.325. The summed E-state index contributed by atoms with van der Waals surface area (Å²) >= 11 is 3.44. The predicted molar refractivity (Wildman–Crippen MR) is 116 cm³/mol. The Morgan fingerprint density at radius 3 is 2.86 bits per heavy atom. The van der Waals surface area contributed by atoms with Crippen LogP contribution < -0.4 is 5.43 Å². The molecule has 4 rings (SSSR count). The summed E-state index contributed by atoms with van der Waals surface area (Å²) in [4.78, 5) is 12.3. The van der Waals surface area contributed by atoms with Crippen LogP contribution in [0.4, 0.5) is 0 Å². The van der Waals surface area contributed by atoms with Gasteiger partial charge in [0.1, 0.15) is 5.75 Å². The molecule has 0 aliphatic carbocycles. The molecule has 0 bridgehead atoms. The number of nitrogens with one attached hydrogen (secondary N) is 1. The number of amides is 1. The fourth-order valence-electron chi connectivity index (χ4n) is 3.03. The normalized spacial score (nSPS) is 11.2. The van der Waals surface area contributed by atoms with Crippen molar-refractivity contribution in [1.29, 1.82) is 0 Å². The number of halogens is 1. The molecule has 1 amide bonds. The van der Waals surface area contributed by atoms with Gasteiger partial charge >= 0.3 is 0 Å². The smallest absolute Gasteiger partial charge is 0.291 e. The number of benzene rings is 3. The SMILES string of the molecule is O=C(N/N=C/c1c(O)ccc2ccccc12)c1ccn(Cc2cccc(Br)c2)n1. The van der Waals surface area contributed by atoms with E-state index in [0.29, 0.717) is 12.1 Å². The molecule has 0 atom stereocenters. The summed E-state index contributed by atoms with van der Waals surface area (Å²) in [7, 11) is 0. The fourth-order valence-corrected chi connectivity index (χ4v) is 3.47. The van der Waals surface area contributed by atoms with E-state index in [-0.39, 0.29) is 11.4 Å². The van der Waals surface area contributed by atoms with Gasteiger partial charge in [0.15, 0.2) is 5.69 Å². The molecule has 29 heavy (non-hydrogen) atoms. The third-order valence-corrected chi connectivity index (χ3v) is 4.91. The first kappa shape index (κ1) is 18.9. The molecule has 7 heteroatoms. The molecule has 1 heterocycles. The van der Waals surface area contributed by atoms with E-state index < -0.39 is 5.91 Å². The topological polar surface area (TPSA) is 79.5 Å². The number of carbonyl (C=O) groups excluding carboxylic acids is 1. The zero-order valence-corrected chi connectivity index (χ0v) is 16.9. The van der Waals surface area contributed by atoms with E-state index in [0.717, 1.165) is 20.8 Å². The van der Waals surface area contributed by atoms with Crippen molar-refractivity contribution in [3.05, 3.63) is 94.2 Å². The fraction of sp³-hybridized carbons (Fsp3) is 0.0455. The molecule has 3 aromatic carbocycles. The monoisotopic (exact) mass is 448 g/mol. The zero-order chi connectivity index (χ0) is 20.2. The number of fused-ring (bicyclic) bond motifs is 1. The maximum atomic E-state index is 12.3.